The van der Waals surface area contributed by atoms with Crippen LogP contribution in [0.3, 0.4) is 0 Å². The zero-order valence-electron chi connectivity index (χ0n) is 20.7. The fourth-order valence-corrected chi connectivity index (χ4v) is 8.80. The molecule has 1 amide bonds. The summed E-state index contributed by atoms with van der Waals surface area (Å²) in [6.45, 7) is 7.17. The standard InChI is InChI=1S/C25H38N4O5/c1-14(30)18-5-6-19-17-11-21(28-22(32)13-27-29-26)25(33)12-16(34-15(2)31)7-10-24(25,4)20(17)8-9-23(18,19)3/h16-21,33H,5-13H2,1-4H3,(H,28,32)/t16-,17-,18+,19-,20-,21+,23+,24+,25-/m0/s1. The van der Waals surface area contributed by atoms with Crippen molar-refractivity contribution in [1.29, 1.82) is 0 Å². The molecule has 0 bridgehead atoms. The van der Waals surface area contributed by atoms with E-state index in [1.54, 1.807) is 6.92 Å². The number of Topliss-reactive ketones (excluding diaryl/α,β-unsaturated/α-hetero) is 1. The summed E-state index contributed by atoms with van der Waals surface area (Å²) in [4.78, 5) is 39.4. The third-order valence-electron chi connectivity index (χ3n) is 10.3. The summed E-state index contributed by atoms with van der Waals surface area (Å²) in [6, 6.07) is -0.544. The second kappa shape index (κ2) is 8.83. The van der Waals surface area contributed by atoms with Gasteiger partial charge in [-0.15, -0.1) is 0 Å². The van der Waals surface area contributed by atoms with Crippen LogP contribution in [0.5, 0.6) is 0 Å². The van der Waals surface area contributed by atoms with E-state index in [1.807, 2.05) is 0 Å². The van der Waals surface area contributed by atoms with E-state index in [0.29, 0.717) is 25.2 Å². The Kier molecular flexibility index (Phi) is 6.49. The summed E-state index contributed by atoms with van der Waals surface area (Å²) >= 11 is 0. The van der Waals surface area contributed by atoms with Crippen LogP contribution in [0.25, 0.3) is 10.4 Å². The SMILES string of the molecule is CC(=O)O[C@H]1CC[C@]2(C)[C@H]3CC[C@]4(C)[C@@H](C(C)=O)CC[C@H]4[C@@H]3C[C@@H](NC(=O)CN=[N+]=[N-])[C@@]2(O)C1. The predicted octanol–water partition coefficient (Wildman–Crippen LogP) is 3.69. The van der Waals surface area contributed by atoms with Crippen LogP contribution in [0, 0.1) is 34.5 Å². The first-order chi connectivity index (χ1) is 16.0. The van der Waals surface area contributed by atoms with E-state index < -0.39 is 29.1 Å². The van der Waals surface area contributed by atoms with Crippen LogP contribution < -0.4 is 5.32 Å². The quantitative estimate of drug-likeness (QED) is 0.270. The molecule has 0 radical (unpaired) electrons. The fourth-order valence-electron chi connectivity index (χ4n) is 8.80. The van der Waals surface area contributed by atoms with Crippen molar-refractivity contribution < 1.29 is 24.2 Å². The molecule has 4 saturated carbocycles. The van der Waals surface area contributed by atoms with Gasteiger partial charge in [0.15, 0.2) is 0 Å². The van der Waals surface area contributed by atoms with Gasteiger partial charge in [-0.25, -0.2) is 0 Å². The Morgan fingerprint density at radius 2 is 1.85 bits per heavy atom. The summed E-state index contributed by atoms with van der Waals surface area (Å²) in [5.41, 5.74) is 6.87. The number of carbonyl (C=O) groups is 3. The number of nitrogens with zero attached hydrogens (tertiary/aromatic N) is 3. The molecule has 0 aromatic heterocycles. The number of azide groups is 1. The second-order valence-electron chi connectivity index (χ2n) is 11.7. The Bertz CT molecular complexity index is 919. The summed E-state index contributed by atoms with van der Waals surface area (Å²) in [5.74, 6) is 0.466. The average Bonchev–Trinajstić information content (AvgIpc) is 3.11. The van der Waals surface area contributed by atoms with Gasteiger partial charge in [-0.2, -0.15) is 0 Å². The number of esters is 1. The molecule has 34 heavy (non-hydrogen) atoms. The molecule has 0 aromatic rings. The van der Waals surface area contributed by atoms with Gasteiger partial charge in [0, 0.05) is 29.6 Å². The molecule has 9 nitrogen and oxygen atoms in total. The van der Waals surface area contributed by atoms with E-state index in [-0.39, 0.29) is 47.9 Å². The van der Waals surface area contributed by atoms with Gasteiger partial charge in [-0.05, 0) is 80.6 Å². The number of amides is 1. The molecule has 9 atom stereocenters. The molecule has 4 rings (SSSR count). The number of carbonyl (C=O) groups excluding carboxylic acids is 3. The highest BCUT2D eigenvalue weighted by Crippen LogP contribution is 2.68. The lowest BCUT2D eigenvalue weighted by atomic mass is 9.42. The fraction of sp³-hybridized carbons (Fsp3) is 0.880. The van der Waals surface area contributed by atoms with E-state index in [9.17, 15) is 19.5 Å². The maximum absolute atomic E-state index is 12.6. The van der Waals surface area contributed by atoms with Crippen LogP contribution in [0.1, 0.15) is 79.1 Å². The van der Waals surface area contributed by atoms with Crippen molar-refractivity contribution in [3.05, 3.63) is 10.4 Å². The monoisotopic (exact) mass is 474 g/mol. The Morgan fingerprint density at radius 3 is 2.50 bits per heavy atom. The van der Waals surface area contributed by atoms with Crippen LogP contribution in [0.15, 0.2) is 5.11 Å². The number of hydrogen-bond acceptors (Lipinski definition) is 6. The van der Waals surface area contributed by atoms with Crippen LogP contribution >= 0.6 is 0 Å². The van der Waals surface area contributed by atoms with E-state index in [4.69, 9.17) is 10.3 Å². The molecular formula is C25H38N4O5. The van der Waals surface area contributed by atoms with Gasteiger partial charge in [-0.3, -0.25) is 14.4 Å². The number of rotatable bonds is 5. The van der Waals surface area contributed by atoms with Gasteiger partial charge in [0.2, 0.25) is 5.91 Å². The van der Waals surface area contributed by atoms with E-state index in [1.165, 1.54) is 6.92 Å². The van der Waals surface area contributed by atoms with Crippen LogP contribution in [-0.4, -0.2) is 47.1 Å². The van der Waals surface area contributed by atoms with Crippen molar-refractivity contribution in [3.63, 3.8) is 0 Å². The Hall–Kier alpha value is -2.12. The third kappa shape index (κ3) is 3.81. The first-order valence-electron chi connectivity index (χ1n) is 12.7. The molecule has 0 saturated heterocycles. The van der Waals surface area contributed by atoms with Crippen LogP contribution in [0.2, 0.25) is 0 Å². The molecule has 188 valence electrons. The number of hydrogen-bond donors (Lipinski definition) is 2. The van der Waals surface area contributed by atoms with Crippen molar-refractivity contribution in [2.45, 2.75) is 96.8 Å². The molecule has 0 aliphatic heterocycles. The summed E-state index contributed by atoms with van der Waals surface area (Å²) in [7, 11) is 0. The predicted molar refractivity (Wildman–Crippen MR) is 124 cm³/mol. The molecule has 0 unspecified atom stereocenters. The lowest BCUT2D eigenvalue weighted by molar-refractivity contribution is -0.236. The highest BCUT2D eigenvalue weighted by atomic mass is 16.5. The van der Waals surface area contributed by atoms with Gasteiger partial charge in [0.25, 0.3) is 0 Å². The lowest BCUT2D eigenvalue weighted by Crippen LogP contribution is -2.72. The number of ketones is 1. The number of fused-ring (bicyclic) bond motifs is 5. The molecule has 2 N–H and O–H groups in total. The van der Waals surface area contributed by atoms with Crippen molar-refractivity contribution in [2.24, 2.45) is 39.6 Å². The van der Waals surface area contributed by atoms with Crippen molar-refractivity contribution in [3.8, 4) is 0 Å². The summed E-state index contributed by atoms with van der Waals surface area (Å²) in [5, 5.41) is 18.7. The highest BCUT2D eigenvalue weighted by molar-refractivity contribution is 5.80. The van der Waals surface area contributed by atoms with E-state index >= 15 is 0 Å². The van der Waals surface area contributed by atoms with Gasteiger partial charge in [0.05, 0.1) is 11.6 Å². The minimum absolute atomic E-state index is 0.0482. The molecule has 0 spiro atoms. The first kappa shape index (κ1) is 25.0. The summed E-state index contributed by atoms with van der Waals surface area (Å²) in [6.07, 6.45) is 5.67. The highest BCUT2D eigenvalue weighted by Gasteiger charge is 2.68. The largest absolute Gasteiger partial charge is 0.462 e. The Morgan fingerprint density at radius 1 is 1.12 bits per heavy atom. The maximum Gasteiger partial charge on any atom is 0.302 e. The Balaban J connectivity index is 1.69. The molecule has 4 fully saturated rings. The van der Waals surface area contributed by atoms with Crippen LogP contribution in [-0.2, 0) is 19.1 Å². The first-order valence-corrected chi connectivity index (χ1v) is 12.7. The third-order valence-corrected chi connectivity index (χ3v) is 10.3. The zero-order valence-corrected chi connectivity index (χ0v) is 20.7. The minimum atomic E-state index is -1.25. The molecule has 9 heteroatoms. The number of aliphatic hydroxyl groups is 1. The van der Waals surface area contributed by atoms with Gasteiger partial charge >= 0.3 is 5.97 Å². The van der Waals surface area contributed by atoms with Crippen molar-refractivity contribution in [1.82, 2.24) is 5.32 Å². The average molecular weight is 475 g/mol. The van der Waals surface area contributed by atoms with Gasteiger partial charge in [-0.1, -0.05) is 19.0 Å². The van der Waals surface area contributed by atoms with E-state index in [2.05, 4.69) is 29.2 Å². The molecule has 4 aliphatic rings. The Labute approximate surface area is 201 Å². The topological polar surface area (TPSA) is 141 Å². The second-order valence-corrected chi connectivity index (χ2v) is 11.7. The molecule has 0 aromatic carbocycles. The van der Waals surface area contributed by atoms with Crippen molar-refractivity contribution in [2.75, 3.05) is 6.54 Å². The van der Waals surface area contributed by atoms with Gasteiger partial charge in [0.1, 0.15) is 18.4 Å². The smallest absolute Gasteiger partial charge is 0.302 e. The number of nitrogens with one attached hydrogen (secondary N) is 1. The molecular weight excluding hydrogens is 436 g/mol. The molecule has 4 aliphatic carbocycles. The van der Waals surface area contributed by atoms with Gasteiger partial charge < -0.3 is 15.2 Å². The van der Waals surface area contributed by atoms with Crippen molar-refractivity contribution >= 4 is 17.7 Å². The minimum Gasteiger partial charge on any atom is -0.462 e. The van der Waals surface area contributed by atoms with Crippen LogP contribution in [0.4, 0.5) is 0 Å². The molecule has 0 heterocycles. The number of ether oxygens (including phenoxy) is 1. The maximum atomic E-state index is 12.6. The summed E-state index contributed by atoms with van der Waals surface area (Å²) < 4.78 is 5.51. The lowest BCUT2D eigenvalue weighted by Gasteiger charge is -2.66. The van der Waals surface area contributed by atoms with E-state index in [0.717, 1.165) is 25.7 Å². The normalized spacial score (nSPS) is 45.1. The zero-order chi connectivity index (χ0) is 24.9.